The molecule has 0 unspecified atom stereocenters. The second-order valence-corrected chi connectivity index (χ2v) is 5.15. The molecular weight excluding hydrogens is 200 g/mol. The fourth-order valence-electron chi connectivity index (χ4n) is 1.80. The first-order valence-corrected chi connectivity index (χ1v) is 6.52. The van der Waals surface area contributed by atoms with Gasteiger partial charge < -0.3 is 10.1 Å². The largest absolute Gasteiger partial charge is 0.379 e. The van der Waals surface area contributed by atoms with Gasteiger partial charge in [0.1, 0.15) is 0 Å². The molecule has 0 atom stereocenters. The second kappa shape index (κ2) is 8.97. The molecular formula is C13H30N2O. The van der Waals surface area contributed by atoms with Gasteiger partial charge in [-0.1, -0.05) is 13.8 Å². The van der Waals surface area contributed by atoms with Crippen LogP contribution in [0.3, 0.4) is 0 Å². The molecule has 0 rings (SSSR count). The number of rotatable bonds is 9. The summed E-state index contributed by atoms with van der Waals surface area (Å²) in [7, 11) is 0. The van der Waals surface area contributed by atoms with Crippen LogP contribution in [0.15, 0.2) is 0 Å². The molecule has 0 spiro atoms. The Morgan fingerprint density at radius 1 is 0.938 bits per heavy atom. The normalized spacial score (nSPS) is 12.4. The zero-order valence-corrected chi connectivity index (χ0v) is 11.9. The molecule has 16 heavy (non-hydrogen) atoms. The van der Waals surface area contributed by atoms with Gasteiger partial charge in [-0.05, 0) is 27.7 Å². The quantitative estimate of drug-likeness (QED) is 0.614. The van der Waals surface area contributed by atoms with E-state index in [2.05, 4.69) is 51.8 Å². The lowest BCUT2D eigenvalue weighted by Crippen LogP contribution is -2.39. The minimum absolute atomic E-state index is 0.548. The maximum atomic E-state index is 5.61. The monoisotopic (exact) mass is 230 g/mol. The van der Waals surface area contributed by atoms with E-state index < -0.39 is 0 Å². The number of nitrogens with one attached hydrogen (secondary N) is 1. The molecule has 0 bridgehead atoms. The highest BCUT2D eigenvalue weighted by atomic mass is 16.5. The number of ether oxygens (including phenoxy) is 1. The summed E-state index contributed by atoms with van der Waals surface area (Å²) in [6.07, 6.45) is 0. The van der Waals surface area contributed by atoms with Crippen molar-refractivity contribution >= 4 is 0 Å². The maximum Gasteiger partial charge on any atom is 0.0594 e. The van der Waals surface area contributed by atoms with Crippen molar-refractivity contribution in [3.63, 3.8) is 0 Å². The molecule has 98 valence electrons. The SMILES string of the molecule is CC(C)NCCOCCN(C(C)C)C(C)C. The van der Waals surface area contributed by atoms with Gasteiger partial charge in [-0.2, -0.15) is 0 Å². The first-order valence-electron chi connectivity index (χ1n) is 6.52. The van der Waals surface area contributed by atoms with Crippen LogP contribution in [0.4, 0.5) is 0 Å². The van der Waals surface area contributed by atoms with Gasteiger partial charge in [-0.25, -0.2) is 0 Å². The number of nitrogens with zero attached hydrogens (tertiary/aromatic N) is 1. The zero-order valence-electron chi connectivity index (χ0n) is 11.9. The van der Waals surface area contributed by atoms with Crippen LogP contribution < -0.4 is 5.32 Å². The number of hydrogen-bond donors (Lipinski definition) is 1. The van der Waals surface area contributed by atoms with Crippen LogP contribution in [0.2, 0.25) is 0 Å². The van der Waals surface area contributed by atoms with E-state index in [1.54, 1.807) is 0 Å². The van der Waals surface area contributed by atoms with Crippen LogP contribution in [0.1, 0.15) is 41.5 Å². The van der Waals surface area contributed by atoms with Crippen LogP contribution in [0.5, 0.6) is 0 Å². The van der Waals surface area contributed by atoms with E-state index in [1.807, 2.05) is 0 Å². The topological polar surface area (TPSA) is 24.5 Å². The van der Waals surface area contributed by atoms with E-state index in [0.29, 0.717) is 18.1 Å². The third kappa shape index (κ3) is 8.08. The Kier molecular flexibility index (Phi) is 8.90. The molecule has 0 aromatic heterocycles. The van der Waals surface area contributed by atoms with Crippen molar-refractivity contribution in [2.24, 2.45) is 0 Å². The first kappa shape index (κ1) is 15.9. The van der Waals surface area contributed by atoms with E-state index in [1.165, 1.54) is 0 Å². The van der Waals surface area contributed by atoms with Crippen molar-refractivity contribution in [2.75, 3.05) is 26.3 Å². The summed E-state index contributed by atoms with van der Waals surface area (Å²) in [5.41, 5.74) is 0. The van der Waals surface area contributed by atoms with Gasteiger partial charge >= 0.3 is 0 Å². The highest BCUT2D eigenvalue weighted by molar-refractivity contribution is 4.66. The van der Waals surface area contributed by atoms with Crippen molar-refractivity contribution in [1.29, 1.82) is 0 Å². The van der Waals surface area contributed by atoms with E-state index in [0.717, 1.165) is 26.3 Å². The van der Waals surface area contributed by atoms with E-state index in [4.69, 9.17) is 4.74 Å². The van der Waals surface area contributed by atoms with Gasteiger partial charge in [0.25, 0.3) is 0 Å². The summed E-state index contributed by atoms with van der Waals surface area (Å²) in [4.78, 5) is 2.45. The van der Waals surface area contributed by atoms with Crippen molar-refractivity contribution < 1.29 is 4.74 Å². The fourth-order valence-corrected chi connectivity index (χ4v) is 1.80. The van der Waals surface area contributed by atoms with E-state index >= 15 is 0 Å². The Hall–Kier alpha value is -0.120. The fraction of sp³-hybridized carbons (Fsp3) is 1.00. The summed E-state index contributed by atoms with van der Waals surface area (Å²) in [5, 5.41) is 3.34. The summed E-state index contributed by atoms with van der Waals surface area (Å²) in [6.45, 7) is 16.9. The van der Waals surface area contributed by atoms with E-state index in [-0.39, 0.29) is 0 Å². The van der Waals surface area contributed by atoms with Crippen LogP contribution in [0.25, 0.3) is 0 Å². The Balaban J connectivity index is 3.48. The lowest BCUT2D eigenvalue weighted by atomic mass is 10.2. The first-order chi connectivity index (χ1) is 7.45. The molecule has 0 heterocycles. The lowest BCUT2D eigenvalue weighted by molar-refractivity contribution is 0.0791. The van der Waals surface area contributed by atoms with Gasteiger partial charge in [-0.15, -0.1) is 0 Å². The standard InChI is InChI=1S/C13H30N2O/c1-11(2)14-7-9-16-10-8-15(12(3)4)13(5)6/h11-14H,7-10H2,1-6H3. The summed E-state index contributed by atoms with van der Waals surface area (Å²) in [6, 6.07) is 1.74. The Bertz CT molecular complexity index is 150. The molecule has 1 N–H and O–H groups in total. The molecule has 3 nitrogen and oxygen atoms in total. The van der Waals surface area contributed by atoms with Crippen molar-refractivity contribution in [1.82, 2.24) is 10.2 Å². The summed E-state index contributed by atoms with van der Waals surface area (Å²) >= 11 is 0. The van der Waals surface area contributed by atoms with Gasteiger partial charge in [0.15, 0.2) is 0 Å². The Morgan fingerprint density at radius 3 is 1.94 bits per heavy atom. The molecule has 0 aromatic carbocycles. The average molecular weight is 230 g/mol. The Labute approximate surface area is 102 Å². The molecule has 3 heteroatoms. The van der Waals surface area contributed by atoms with Crippen molar-refractivity contribution in [3.8, 4) is 0 Å². The molecule has 0 aliphatic carbocycles. The molecule has 0 saturated heterocycles. The van der Waals surface area contributed by atoms with Crippen LogP contribution >= 0.6 is 0 Å². The van der Waals surface area contributed by atoms with Crippen LogP contribution in [-0.2, 0) is 4.74 Å². The Morgan fingerprint density at radius 2 is 1.50 bits per heavy atom. The minimum atomic E-state index is 0.548. The van der Waals surface area contributed by atoms with Crippen molar-refractivity contribution in [3.05, 3.63) is 0 Å². The van der Waals surface area contributed by atoms with Crippen molar-refractivity contribution in [2.45, 2.75) is 59.7 Å². The third-order valence-corrected chi connectivity index (χ3v) is 2.62. The van der Waals surface area contributed by atoms with Gasteiger partial charge in [0, 0.05) is 31.2 Å². The molecule has 0 aliphatic heterocycles. The smallest absolute Gasteiger partial charge is 0.0594 e. The maximum absolute atomic E-state index is 5.61. The van der Waals surface area contributed by atoms with Crippen LogP contribution in [0, 0.1) is 0 Å². The molecule has 0 fully saturated rings. The zero-order chi connectivity index (χ0) is 12.6. The summed E-state index contributed by atoms with van der Waals surface area (Å²) in [5.74, 6) is 0. The van der Waals surface area contributed by atoms with Gasteiger partial charge in [-0.3, -0.25) is 4.90 Å². The van der Waals surface area contributed by atoms with Gasteiger partial charge in [0.05, 0.1) is 13.2 Å². The molecule has 0 radical (unpaired) electrons. The predicted molar refractivity (Wildman–Crippen MR) is 70.9 cm³/mol. The lowest BCUT2D eigenvalue weighted by Gasteiger charge is -2.30. The number of hydrogen-bond acceptors (Lipinski definition) is 3. The average Bonchev–Trinajstić information content (AvgIpc) is 2.14. The highest BCUT2D eigenvalue weighted by Gasteiger charge is 2.12. The third-order valence-electron chi connectivity index (χ3n) is 2.62. The molecule has 0 aromatic rings. The molecule has 0 saturated carbocycles. The van der Waals surface area contributed by atoms with Gasteiger partial charge in [0.2, 0.25) is 0 Å². The molecule has 0 amide bonds. The predicted octanol–water partition coefficient (Wildman–Crippen LogP) is 2.12. The second-order valence-electron chi connectivity index (χ2n) is 5.15. The highest BCUT2D eigenvalue weighted by Crippen LogP contribution is 2.03. The van der Waals surface area contributed by atoms with E-state index in [9.17, 15) is 0 Å². The minimum Gasteiger partial charge on any atom is -0.379 e. The summed E-state index contributed by atoms with van der Waals surface area (Å²) < 4.78 is 5.61. The van der Waals surface area contributed by atoms with Crippen LogP contribution in [-0.4, -0.2) is 49.3 Å². The molecule has 0 aliphatic rings.